The van der Waals surface area contributed by atoms with E-state index in [1.54, 1.807) is 0 Å². The van der Waals surface area contributed by atoms with E-state index >= 15 is 0 Å². The first-order chi connectivity index (χ1) is 4.40. The van der Waals surface area contributed by atoms with Crippen LogP contribution in [-0.2, 0) is 0 Å². The zero-order valence-electron chi connectivity index (χ0n) is 5.17. The Morgan fingerprint density at radius 2 is 2.56 bits per heavy atom. The van der Waals surface area contributed by atoms with Crippen LogP contribution in [0.25, 0.3) is 0 Å². The average molecular weight is 126 g/mol. The Kier molecular flexibility index (Phi) is 0.990. The van der Waals surface area contributed by atoms with Crippen molar-refractivity contribution in [1.82, 2.24) is 5.32 Å². The summed E-state index contributed by atoms with van der Waals surface area (Å²) in [6.07, 6.45) is 2.19. The third-order valence-electron chi connectivity index (χ3n) is 2.25. The van der Waals surface area contributed by atoms with E-state index in [4.69, 9.17) is 5.21 Å². The van der Waals surface area contributed by atoms with Crippen LogP contribution in [-0.4, -0.2) is 23.5 Å². The fourth-order valence-electron chi connectivity index (χ4n) is 1.77. The largest absolute Gasteiger partial charge is 0.411 e. The number of piperidine rings is 1. The molecule has 3 nitrogen and oxygen atoms in total. The summed E-state index contributed by atoms with van der Waals surface area (Å²) >= 11 is 0. The monoisotopic (exact) mass is 126 g/mol. The molecule has 3 heteroatoms. The van der Waals surface area contributed by atoms with Crippen LogP contribution in [0.15, 0.2) is 5.16 Å². The van der Waals surface area contributed by atoms with Gasteiger partial charge in [0.1, 0.15) is 0 Å². The molecule has 1 aliphatic carbocycles. The summed E-state index contributed by atoms with van der Waals surface area (Å²) in [6, 6.07) is 0.403. The van der Waals surface area contributed by atoms with Crippen molar-refractivity contribution in [1.29, 1.82) is 0 Å². The fourth-order valence-corrected chi connectivity index (χ4v) is 1.77. The molecule has 0 radical (unpaired) electrons. The molecule has 0 aromatic heterocycles. The molecule has 0 spiro atoms. The van der Waals surface area contributed by atoms with E-state index in [0.29, 0.717) is 6.04 Å². The lowest BCUT2D eigenvalue weighted by Gasteiger charge is -2.10. The van der Waals surface area contributed by atoms with E-state index < -0.39 is 0 Å². The van der Waals surface area contributed by atoms with Gasteiger partial charge in [0.05, 0.1) is 5.71 Å². The molecule has 2 fully saturated rings. The number of hydrogen-bond acceptors (Lipinski definition) is 3. The SMILES string of the molecule is O/N=C1/CC2CNC1C2. The predicted molar refractivity (Wildman–Crippen MR) is 33.7 cm³/mol. The highest BCUT2D eigenvalue weighted by atomic mass is 16.4. The van der Waals surface area contributed by atoms with Gasteiger partial charge in [-0.3, -0.25) is 0 Å². The predicted octanol–water partition coefficient (Wildman–Crippen LogP) is 0.198. The number of oxime groups is 1. The maximum Gasteiger partial charge on any atom is 0.0743 e. The average Bonchev–Trinajstić information content (AvgIpc) is 2.45. The van der Waals surface area contributed by atoms with Crippen LogP contribution in [0.5, 0.6) is 0 Å². The van der Waals surface area contributed by atoms with E-state index in [-0.39, 0.29) is 0 Å². The summed E-state index contributed by atoms with van der Waals surface area (Å²) in [6.45, 7) is 1.11. The van der Waals surface area contributed by atoms with Gasteiger partial charge in [0.2, 0.25) is 0 Å². The number of nitrogens with zero attached hydrogens (tertiary/aromatic N) is 1. The Labute approximate surface area is 53.7 Å². The summed E-state index contributed by atoms with van der Waals surface area (Å²) in [5, 5.41) is 14.9. The highest BCUT2D eigenvalue weighted by molar-refractivity contribution is 5.92. The minimum atomic E-state index is 0.403. The number of nitrogens with one attached hydrogen (secondary N) is 1. The van der Waals surface area contributed by atoms with Gasteiger partial charge in [-0.25, -0.2) is 0 Å². The number of rotatable bonds is 0. The van der Waals surface area contributed by atoms with Gasteiger partial charge in [-0.1, -0.05) is 5.16 Å². The van der Waals surface area contributed by atoms with Crippen molar-refractivity contribution < 1.29 is 5.21 Å². The minimum absolute atomic E-state index is 0.403. The van der Waals surface area contributed by atoms with Gasteiger partial charge in [-0.05, 0) is 25.3 Å². The van der Waals surface area contributed by atoms with Crippen molar-refractivity contribution >= 4 is 5.71 Å². The van der Waals surface area contributed by atoms with Gasteiger partial charge in [0.25, 0.3) is 0 Å². The molecule has 9 heavy (non-hydrogen) atoms. The lowest BCUT2D eigenvalue weighted by atomic mass is 10.1. The fraction of sp³-hybridized carbons (Fsp3) is 0.833. The van der Waals surface area contributed by atoms with Crippen molar-refractivity contribution in [3.8, 4) is 0 Å². The van der Waals surface area contributed by atoms with Gasteiger partial charge in [-0.15, -0.1) is 0 Å². The van der Waals surface area contributed by atoms with Gasteiger partial charge in [0, 0.05) is 6.04 Å². The lowest BCUT2D eigenvalue weighted by Crippen LogP contribution is -2.32. The molecule has 1 heterocycles. The van der Waals surface area contributed by atoms with Crippen LogP contribution in [0.3, 0.4) is 0 Å². The Bertz CT molecular complexity index is 155. The van der Waals surface area contributed by atoms with E-state index in [1.807, 2.05) is 0 Å². The Morgan fingerprint density at radius 1 is 1.67 bits per heavy atom. The molecule has 2 aliphatic rings. The first-order valence-corrected chi connectivity index (χ1v) is 3.34. The van der Waals surface area contributed by atoms with Gasteiger partial charge in [0.15, 0.2) is 0 Å². The Morgan fingerprint density at radius 3 is 2.89 bits per heavy atom. The molecule has 50 valence electrons. The highest BCUT2D eigenvalue weighted by Gasteiger charge is 2.36. The first-order valence-electron chi connectivity index (χ1n) is 3.34. The molecular formula is C6H10N2O. The van der Waals surface area contributed by atoms with Crippen molar-refractivity contribution in [2.75, 3.05) is 6.54 Å². The second kappa shape index (κ2) is 1.70. The smallest absolute Gasteiger partial charge is 0.0743 e. The molecule has 1 saturated heterocycles. The first kappa shape index (κ1) is 5.23. The van der Waals surface area contributed by atoms with Crippen LogP contribution in [0, 0.1) is 5.92 Å². The normalized spacial score (nSPS) is 44.7. The van der Waals surface area contributed by atoms with E-state index in [0.717, 1.165) is 24.6 Å². The lowest BCUT2D eigenvalue weighted by molar-refractivity contribution is 0.314. The third kappa shape index (κ3) is 0.645. The van der Waals surface area contributed by atoms with Crippen LogP contribution >= 0.6 is 0 Å². The summed E-state index contributed by atoms with van der Waals surface area (Å²) in [5.74, 6) is 0.751. The molecule has 2 N–H and O–H groups in total. The van der Waals surface area contributed by atoms with Crippen LogP contribution in [0.4, 0.5) is 0 Å². The number of hydrogen-bond donors (Lipinski definition) is 2. The number of fused-ring (bicyclic) bond motifs is 2. The van der Waals surface area contributed by atoms with Crippen LogP contribution < -0.4 is 5.32 Å². The van der Waals surface area contributed by atoms with Crippen molar-refractivity contribution in [3.05, 3.63) is 0 Å². The van der Waals surface area contributed by atoms with Crippen LogP contribution in [0.2, 0.25) is 0 Å². The summed E-state index contributed by atoms with van der Waals surface area (Å²) in [4.78, 5) is 0. The second-order valence-electron chi connectivity index (χ2n) is 2.86. The maximum atomic E-state index is 8.44. The Balaban J connectivity index is 2.18. The summed E-state index contributed by atoms with van der Waals surface area (Å²) < 4.78 is 0. The highest BCUT2D eigenvalue weighted by Crippen LogP contribution is 2.28. The van der Waals surface area contributed by atoms with Gasteiger partial charge < -0.3 is 10.5 Å². The minimum Gasteiger partial charge on any atom is -0.411 e. The standard InChI is InChI=1S/C6H10N2O/c9-8-6-2-4-1-5(6)7-3-4/h4-5,7,9H,1-3H2/b8-6-. The molecule has 0 aromatic rings. The molecule has 0 aromatic carbocycles. The molecular weight excluding hydrogens is 116 g/mol. The van der Waals surface area contributed by atoms with Crippen molar-refractivity contribution in [2.45, 2.75) is 18.9 Å². The zero-order chi connectivity index (χ0) is 6.27. The van der Waals surface area contributed by atoms with Crippen molar-refractivity contribution in [3.63, 3.8) is 0 Å². The molecule has 1 saturated carbocycles. The van der Waals surface area contributed by atoms with Crippen LogP contribution in [0.1, 0.15) is 12.8 Å². The van der Waals surface area contributed by atoms with E-state index in [2.05, 4.69) is 10.5 Å². The summed E-state index contributed by atoms with van der Waals surface area (Å²) in [7, 11) is 0. The van der Waals surface area contributed by atoms with Crippen molar-refractivity contribution in [2.24, 2.45) is 11.1 Å². The molecule has 2 unspecified atom stereocenters. The molecule has 2 bridgehead atoms. The molecule has 0 amide bonds. The quantitative estimate of drug-likeness (QED) is 0.359. The van der Waals surface area contributed by atoms with E-state index in [1.165, 1.54) is 6.42 Å². The topological polar surface area (TPSA) is 44.6 Å². The second-order valence-corrected chi connectivity index (χ2v) is 2.86. The molecule has 1 aliphatic heterocycles. The summed E-state index contributed by atoms with van der Waals surface area (Å²) in [5.41, 5.74) is 0.950. The maximum absolute atomic E-state index is 8.44. The third-order valence-corrected chi connectivity index (χ3v) is 2.25. The van der Waals surface area contributed by atoms with Gasteiger partial charge >= 0.3 is 0 Å². The molecule has 2 atom stereocenters. The Hall–Kier alpha value is -0.570. The zero-order valence-corrected chi connectivity index (χ0v) is 5.17. The van der Waals surface area contributed by atoms with Gasteiger partial charge in [-0.2, -0.15) is 0 Å². The van der Waals surface area contributed by atoms with E-state index in [9.17, 15) is 0 Å². The molecule has 2 rings (SSSR count).